The molecule has 0 aliphatic rings. The molecule has 3 aromatic carbocycles. The number of halogens is 4. The highest BCUT2D eigenvalue weighted by Gasteiger charge is 2.35. The second kappa shape index (κ2) is 15.6. The first-order valence-corrected chi connectivity index (χ1v) is 15.2. The summed E-state index contributed by atoms with van der Waals surface area (Å²) in [5, 5.41) is 2.76. The maximum Gasteiger partial charge on any atom is 0.451 e. The van der Waals surface area contributed by atoms with E-state index in [0.717, 1.165) is 33.5 Å². The van der Waals surface area contributed by atoms with E-state index in [2.05, 4.69) is 43.8 Å². The number of alkyl halides is 3. The van der Waals surface area contributed by atoms with Crippen molar-refractivity contribution in [2.45, 2.75) is 80.3 Å². The van der Waals surface area contributed by atoms with Crippen molar-refractivity contribution in [2.75, 3.05) is 0 Å². The van der Waals surface area contributed by atoms with Crippen LogP contribution in [0.25, 0.3) is 32.7 Å². The van der Waals surface area contributed by atoms with Crippen LogP contribution in [0.5, 0.6) is 0 Å². The standard InChI is InChI=1S/C12H11F3N2.C12H13FN2.C10H10N2.C2H6/c1-7(2)10-8-5-3-4-6-9(8)16-11(17-10)12(13,14)15;1-7(2)12-10-5-4-9(13)6-11(10)14-8(3)15-12;1-7-9-5-3-4-6-10(9)12-8(2)11-7;1-2/h3-7H,1-2H3;4-7H,1-3H3;3-6H,1-2H3;1-2H3. The number of hydrogen-bond acceptors (Lipinski definition) is 6. The van der Waals surface area contributed by atoms with Crippen LogP contribution in [0.4, 0.5) is 17.6 Å². The van der Waals surface area contributed by atoms with Crippen LogP contribution < -0.4 is 0 Å². The lowest BCUT2D eigenvalue weighted by molar-refractivity contribution is -0.144. The summed E-state index contributed by atoms with van der Waals surface area (Å²) in [6.45, 7) is 17.5. The van der Waals surface area contributed by atoms with Gasteiger partial charge in [-0.15, -0.1) is 0 Å². The summed E-state index contributed by atoms with van der Waals surface area (Å²) >= 11 is 0. The van der Waals surface area contributed by atoms with Crippen LogP contribution in [0.1, 0.15) is 87.9 Å². The minimum absolute atomic E-state index is 0.0796. The van der Waals surface area contributed by atoms with E-state index >= 15 is 0 Å². The normalized spacial score (nSPS) is 11.1. The molecular weight excluding hydrogens is 592 g/mol. The molecule has 46 heavy (non-hydrogen) atoms. The first-order chi connectivity index (χ1) is 21.7. The fourth-order valence-corrected chi connectivity index (χ4v) is 4.74. The van der Waals surface area contributed by atoms with Gasteiger partial charge in [0.15, 0.2) is 0 Å². The van der Waals surface area contributed by atoms with Crippen molar-refractivity contribution in [3.8, 4) is 0 Å². The Morgan fingerprint density at radius 3 is 1.61 bits per heavy atom. The van der Waals surface area contributed by atoms with Gasteiger partial charge in [-0.05, 0) is 56.9 Å². The summed E-state index contributed by atoms with van der Waals surface area (Å²) in [7, 11) is 0. The number of aromatic nitrogens is 6. The maximum absolute atomic E-state index is 13.0. The van der Waals surface area contributed by atoms with Crippen molar-refractivity contribution in [1.82, 2.24) is 29.9 Å². The van der Waals surface area contributed by atoms with Gasteiger partial charge in [0.1, 0.15) is 17.5 Å². The van der Waals surface area contributed by atoms with Gasteiger partial charge >= 0.3 is 6.18 Å². The smallest absolute Gasteiger partial charge is 0.238 e. The molecule has 10 heteroatoms. The summed E-state index contributed by atoms with van der Waals surface area (Å²) < 4.78 is 50.9. The van der Waals surface area contributed by atoms with Crippen LogP contribution in [0, 0.1) is 26.6 Å². The molecule has 0 unspecified atom stereocenters. The molecular formula is C36H40F4N6. The molecule has 0 radical (unpaired) electrons. The van der Waals surface area contributed by atoms with Crippen molar-refractivity contribution in [1.29, 1.82) is 0 Å². The Balaban J connectivity index is 0.000000185. The average Bonchev–Trinajstić information content (AvgIpc) is 3.01. The van der Waals surface area contributed by atoms with E-state index in [1.807, 2.05) is 72.7 Å². The number of fused-ring (bicyclic) bond motifs is 3. The zero-order chi connectivity index (χ0) is 34.2. The average molecular weight is 633 g/mol. The summed E-state index contributed by atoms with van der Waals surface area (Å²) in [6, 6.07) is 19.5. The summed E-state index contributed by atoms with van der Waals surface area (Å²) in [5.74, 6) is 0.446. The molecule has 0 aliphatic heterocycles. The SMILES string of the molecule is CC.CC(C)c1nc(C(F)(F)F)nc2ccccc12.Cc1nc(C(C)C)c2ccc(F)cc2n1.Cc1nc(C)c2ccccc2n1. The van der Waals surface area contributed by atoms with E-state index in [1.165, 1.54) is 12.1 Å². The van der Waals surface area contributed by atoms with Crippen molar-refractivity contribution >= 4 is 32.7 Å². The third kappa shape index (κ3) is 8.99. The highest BCUT2D eigenvalue weighted by atomic mass is 19.4. The van der Waals surface area contributed by atoms with Crippen molar-refractivity contribution in [3.05, 3.63) is 107 Å². The lowest BCUT2D eigenvalue weighted by atomic mass is 10.0. The van der Waals surface area contributed by atoms with Gasteiger partial charge in [-0.3, -0.25) is 0 Å². The number of rotatable bonds is 2. The van der Waals surface area contributed by atoms with E-state index in [9.17, 15) is 17.6 Å². The predicted molar refractivity (Wildman–Crippen MR) is 177 cm³/mol. The molecule has 0 saturated heterocycles. The molecule has 0 amide bonds. The Morgan fingerprint density at radius 1 is 0.543 bits per heavy atom. The van der Waals surface area contributed by atoms with Gasteiger partial charge in [-0.2, -0.15) is 13.2 Å². The molecule has 6 aromatic rings. The highest BCUT2D eigenvalue weighted by Crippen LogP contribution is 2.30. The van der Waals surface area contributed by atoms with Gasteiger partial charge in [0.05, 0.1) is 27.9 Å². The van der Waals surface area contributed by atoms with Gasteiger partial charge in [-0.25, -0.2) is 34.3 Å². The van der Waals surface area contributed by atoms with Crippen molar-refractivity contribution in [3.63, 3.8) is 0 Å². The van der Waals surface area contributed by atoms with Crippen LogP contribution in [-0.4, -0.2) is 29.9 Å². The largest absolute Gasteiger partial charge is 0.451 e. The zero-order valence-electron chi connectivity index (χ0n) is 27.7. The van der Waals surface area contributed by atoms with E-state index in [1.54, 1.807) is 30.3 Å². The van der Waals surface area contributed by atoms with Crippen LogP contribution in [0.3, 0.4) is 0 Å². The number of benzene rings is 3. The second-order valence-electron chi connectivity index (χ2n) is 10.9. The lowest BCUT2D eigenvalue weighted by Gasteiger charge is -2.12. The van der Waals surface area contributed by atoms with Gasteiger partial charge < -0.3 is 0 Å². The van der Waals surface area contributed by atoms with Gasteiger partial charge in [-0.1, -0.05) is 77.9 Å². The van der Waals surface area contributed by atoms with E-state index < -0.39 is 12.0 Å². The molecule has 0 N–H and O–H groups in total. The molecule has 0 spiro atoms. The molecule has 0 atom stereocenters. The molecule has 3 heterocycles. The van der Waals surface area contributed by atoms with Crippen LogP contribution in [0.2, 0.25) is 0 Å². The molecule has 6 nitrogen and oxygen atoms in total. The topological polar surface area (TPSA) is 77.3 Å². The fourth-order valence-electron chi connectivity index (χ4n) is 4.74. The second-order valence-corrected chi connectivity index (χ2v) is 10.9. The number of nitrogens with zero attached hydrogens (tertiary/aromatic N) is 6. The Hall–Kier alpha value is -4.60. The van der Waals surface area contributed by atoms with Crippen LogP contribution in [0.15, 0.2) is 66.7 Å². The van der Waals surface area contributed by atoms with Crippen molar-refractivity contribution in [2.24, 2.45) is 0 Å². The van der Waals surface area contributed by atoms with Crippen molar-refractivity contribution < 1.29 is 17.6 Å². The Kier molecular flexibility index (Phi) is 12.2. The Labute approximate surface area is 267 Å². The molecule has 6 rings (SSSR count). The molecule has 0 fully saturated rings. The summed E-state index contributed by atoms with van der Waals surface area (Å²) in [5.41, 5.74) is 4.52. The number of aryl methyl sites for hydroxylation is 3. The predicted octanol–water partition coefficient (Wildman–Crippen LogP) is 10.2. The number of para-hydroxylation sites is 2. The number of hydrogen-bond donors (Lipinski definition) is 0. The molecule has 0 saturated carbocycles. The summed E-state index contributed by atoms with van der Waals surface area (Å²) in [6.07, 6.45) is -4.51. The first kappa shape index (κ1) is 35.9. The van der Waals surface area contributed by atoms with E-state index in [-0.39, 0.29) is 11.7 Å². The van der Waals surface area contributed by atoms with Gasteiger partial charge in [0, 0.05) is 27.9 Å². The zero-order valence-corrected chi connectivity index (χ0v) is 27.7. The van der Waals surface area contributed by atoms with Crippen LogP contribution >= 0.6 is 0 Å². The minimum atomic E-state index is -4.51. The fraction of sp³-hybridized carbons (Fsp3) is 0.333. The molecule has 3 aromatic heterocycles. The van der Waals surface area contributed by atoms with Crippen LogP contribution in [-0.2, 0) is 6.18 Å². The monoisotopic (exact) mass is 632 g/mol. The van der Waals surface area contributed by atoms with E-state index in [0.29, 0.717) is 33.9 Å². The van der Waals surface area contributed by atoms with Gasteiger partial charge in [0.25, 0.3) is 0 Å². The Morgan fingerprint density at radius 2 is 1.02 bits per heavy atom. The Bertz CT molecular complexity index is 1910. The molecule has 242 valence electrons. The lowest BCUT2D eigenvalue weighted by Crippen LogP contribution is -2.13. The first-order valence-electron chi connectivity index (χ1n) is 15.2. The quantitative estimate of drug-likeness (QED) is 0.177. The highest BCUT2D eigenvalue weighted by molar-refractivity contribution is 5.82. The minimum Gasteiger partial charge on any atom is -0.238 e. The molecule has 0 aliphatic carbocycles. The summed E-state index contributed by atoms with van der Waals surface area (Å²) in [4.78, 5) is 24.4. The maximum atomic E-state index is 13.0. The van der Waals surface area contributed by atoms with E-state index in [4.69, 9.17) is 0 Å². The van der Waals surface area contributed by atoms with Gasteiger partial charge in [0.2, 0.25) is 5.82 Å². The third-order valence-corrected chi connectivity index (χ3v) is 6.69. The third-order valence-electron chi connectivity index (χ3n) is 6.69. The molecule has 0 bridgehead atoms.